The second-order valence-electron chi connectivity index (χ2n) is 4.78. The molecule has 1 aliphatic rings. The van der Waals surface area contributed by atoms with Crippen LogP contribution in [0.1, 0.15) is 13.3 Å². The molecule has 2 atom stereocenters. The number of hydrogen-bond donors (Lipinski definition) is 1. The smallest absolute Gasteiger partial charge is 0.201 e. The highest BCUT2D eigenvalue weighted by molar-refractivity contribution is 5.79. The monoisotopic (exact) mass is 237 g/mol. The van der Waals surface area contributed by atoms with E-state index < -0.39 is 11.6 Å². The number of nitrogens with two attached hydrogens (primary N) is 1. The van der Waals surface area contributed by atoms with Crippen molar-refractivity contribution >= 4 is 17.0 Å². The van der Waals surface area contributed by atoms with Crippen LogP contribution in [0, 0.1) is 23.5 Å². The van der Waals surface area contributed by atoms with E-state index in [0.717, 1.165) is 12.5 Å². The predicted molar refractivity (Wildman–Crippen MR) is 61.3 cm³/mol. The summed E-state index contributed by atoms with van der Waals surface area (Å²) in [6.07, 6.45) is 1.11. The van der Waals surface area contributed by atoms with E-state index in [2.05, 4.69) is 11.9 Å². The third-order valence-electron chi connectivity index (χ3n) is 3.52. The van der Waals surface area contributed by atoms with Crippen molar-refractivity contribution in [2.75, 3.05) is 5.73 Å². The fourth-order valence-electron chi connectivity index (χ4n) is 2.25. The minimum absolute atomic E-state index is 0.182. The molecule has 1 aliphatic carbocycles. The maximum absolute atomic E-state index is 13.7. The highest BCUT2D eigenvalue weighted by atomic mass is 19.2. The topological polar surface area (TPSA) is 43.8 Å². The molecule has 3 nitrogen and oxygen atoms in total. The lowest BCUT2D eigenvalue weighted by Crippen LogP contribution is -2.06. The molecule has 0 aliphatic heterocycles. The van der Waals surface area contributed by atoms with Gasteiger partial charge in [0.1, 0.15) is 5.52 Å². The number of aromatic nitrogens is 2. The van der Waals surface area contributed by atoms with E-state index in [1.165, 1.54) is 6.07 Å². The van der Waals surface area contributed by atoms with Gasteiger partial charge in [-0.1, -0.05) is 6.92 Å². The van der Waals surface area contributed by atoms with Gasteiger partial charge in [-0.25, -0.2) is 13.8 Å². The number of imidazole rings is 1. The number of nitrogen functional groups attached to an aromatic ring is 1. The van der Waals surface area contributed by atoms with Gasteiger partial charge in [-0.2, -0.15) is 0 Å². The van der Waals surface area contributed by atoms with Crippen molar-refractivity contribution in [2.45, 2.75) is 19.9 Å². The predicted octanol–water partition coefficient (Wildman–Crippen LogP) is 2.55. The molecule has 17 heavy (non-hydrogen) atoms. The Morgan fingerprint density at radius 2 is 2.18 bits per heavy atom. The normalized spacial score (nSPS) is 23.2. The van der Waals surface area contributed by atoms with Gasteiger partial charge in [0.15, 0.2) is 11.6 Å². The Morgan fingerprint density at radius 1 is 1.47 bits per heavy atom. The highest BCUT2D eigenvalue weighted by Crippen LogP contribution is 2.40. The molecule has 0 radical (unpaired) electrons. The van der Waals surface area contributed by atoms with Crippen molar-refractivity contribution < 1.29 is 8.78 Å². The second kappa shape index (κ2) is 3.42. The first-order valence-electron chi connectivity index (χ1n) is 5.67. The molecule has 0 bridgehead atoms. The summed E-state index contributed by atoms with van der Waals surface area (Å²) in [5.74, 6) is -0.341. The zero-order valence-corrected chi connectivity index (χ0v) is 9.45. The van der Waals surface area contributed by atoms with Crippen LogP contribution in [-0.2, 0) is 6.54 Å². The Bertz CT molecular complexity index is 591. The summed E-state index contributed by atoms with van der Waals surface area (Å²) in [5.41, 5.74) is 6.35. The van der Waals surface area contributed by atoms with E-state index in [-0.39, 0.29) is 11.5 Å². The van der Waals surface area contributed by atoms with Crippen LogP contribution in [0.5, 0.6) is 0 Å². The minimum atomic E-state index is -0.861. The van der Waals surface area contributed by atoms with Crippen molar-refractivity contribution in [3.63, 3.8) is 0 Å². The van der Waals surface area contributed by atoms with Crippen molar-refractivity contribution in [2.24, 2.45) is 11.8 Å². The summed E-state index contributed by atoms with van der Waals surface area (Å²) in [5, 5.41) is 0. The molecule has 5 heteroatoms. The maximum Gasteiger partial charge on any atom is 0.201 e. The van der Waals surface area contributed by atoms with Gasteiger partial charge in [0.05, 0.1) is 5.52 Å². The molecular formula is C12H13F2N3. The minimum Gasteiger partial charge on any atom is -0.369 e. The fourth-order valence-corrected chi connectivity index (χ4v) is 2.25. The van der Waals surface area contributed by atoms with Crippen molar-refractivity contribution in [1.29, 1.82) is 0 Å². The van der Waals surface area contributed by atoms with Gasteiger partial charge in [0.2, 0.25) is 5.95 Å². The summed E-state index contributed by atoms with van der Waals surface area (Å²) in [4.78, 5) is 4.05. The van der Waals surface area contributed by atoms with Gasteiger partial charge in [0.25, 0.3) is 0 Å². The average Bonchev–Trinajstić information content (AvgIpc) is 2.87. The first-order chi connectivity index (χ1) is 8.08. The van der Waals surface area contributed by atoms with Crippen molar-refractivity contribution in [3.05, 3.63) is 23.8 Å². The van der Waals surface area contributed by atoms with Crippen LogP contribution in [-0.4, -0.2) is 9.55 Å². The van der Waals surface area contributed by atoms with Gasteiger partial charge < -0.3 is 10.3 Å². The molecule has 0 amide bonds. The van der Waals surface area contributed by atoms with E-state index in [0.29, 0.717) is 23.9 Å². The molecular weight excluding hydrogens is 224 g/mol. The molecule has 1 heterocycles. The Hall–Kier alpha value is -1.65. The standard InChI is InChI=1S/C12H13F2N3/c1-6-4-7(6)5-17-11-9(16-12(17)15)3-2-8(13)10(11)14/h2-3,6-7H,4-5H2,1H3,(H2,15,16). The first-order valence-corrected chi connectivity index (χ1v) is 5.67. The largest absolute Gasteiger partial charge is 0.369 e. The van der Waals surface area contributed by atoms with Crippen LogP contribution >= 0.6 is 0 Å². The molecule has 1 fully saturated rings. The first kappa shape index (κ1) is 10.5. The molecule has 3 rings (SSSR count). The number of rotatable bonds is 2. The Labute approximate surface area is 97.2 Å². The molecule has 0 saturated heterocycles. The van der Waals surface area contributed by atoms with Gasteiger partial charge >= 0.3 is 0 Å². The van der Waals surface area contributed by atoms with Crippen molar-refractivity contribution in [3.8, 4) is 0 Å². The molecule has 90 valence electrons. The summed E-state index contributed by atoms with van der Waals surface area (Å²) in [7, 11) is 0. The molecule has 2 N–H and O–H groups in total. The van der Waals surface area contributed by atoms with Gasteiger partial charge in [-0.05, 0) is 30.4 Å². The second-order valence-corrected chi connectivity index (χ2v) is 4.78. The van der Waals surface area contributed by atoms with Crippen LogP contribution in [0.15, 0.2) is 12.1 Å². The lowest BCUT2D eigenvalue weighted by atomic mass is 10.2. The summed E-state index contributed by atoms with van der Waals surface area (Å²) >= 11 is 0. The number of hydrogen-bond acceptors (Lipinski definition) is 2. The zero-order chi connectivity index (χ0) is 12.2. The summed E-state index contributed by atoms with van der Waals surface area (Å²) < 4.78 is 28.5. The fraction of sp³-hybridized carbons (Fsp3) is 0.417. The molecule has 1 aromatic heterocycles. The lowest BCUT2D eigenvalue weighted by Gasteiger charge is -2.06. The number of fused-ring (bicyclic) bond motifs is 1. The maximum atomic E-state index is 13.7. The Balaban J connectivity index is 2.14. The van der Waals surface area contributed by atoms with E-state index in [1.807, 2.05) is 0 Å². The number of benzene rings is 1. The molecule has 2 aromatic rings. The van der Waals surface area contributed by atoms with Crippen LogP contribution in [0.4, 0.5) is 14.7 Å². The van der Waals surface area contributed by atoms with Crippen molar-refractivity contribution in [1.82, 2.24) is 9.55 Å². The van der Waals surface area contributed by atoms with E-state index >= 15 is 0 Å². The van der Waals surface area contributed by atoms with Crippen LogP contribution in [0.25, 0.3) is 11.0 Å². The average molecular weight is 237 g/mol. The third kappa shape index (κ3) is 1.57. The summed E-state index contributed by atoms with van der Waals surface area (Å²) in [6.45, 7) is 2.75. The SMILES string of the molecule is CC1CC1Cn1c(N)nc2ccc(F)c(F)c21. The van der Waals surface area contributed by atoms with Gasteiger partial charge in [-0.15, -0.1) is 0 Å². The van der Waals surface area contributed by atoms with E-state index in [1.54, 1.807) is 4.57 Å². The van der Waals surface area contributed by atoms with E-state index in [4.69, 9.17) is 5.73 Å². The van der Waals surface area contributed by atoms with Crippen LogP contribution in [0.2, 0.25) is 0 Å². The lowest BCUT2D eigenvalue weighted by molar-refractivity contribution is 0.508. The van der Waals surface area contributed by atoms with Crippen LogP contribution < -0.4 is 5.73 Å². The number of anilines is 1. The molecule has 1 saturated carbocycles. The zero-order valence-electron chi connectivity index (χ0n) is 9.45. The third-order valence-corrected chi connectivity index (χ3v) is 3.52. The van der Waals surface area contributed by atoms with Crippen LogP contribution in [0.3, 0.4) is 0 Å². The molecule has 1 aromatic carbocycles. The highest BCUT2D eigenvalue weighted by Gasteiger charge is 2.33. The molecule has 2 unspecified atom stereocenters. The Morgan fingerprint density at radius 3 is 2.82 bits per heavy atom. The van der Waals surface area contributed by atoms with Gasteiger partial charge in [-0.3, -0.25) is 0 Å². The van der Waals surface area contributed by atoms with Gasteiger partial charge in [0, 0.05) is 6.54 Å². The number of halogens is 2. The molecule has 0 spiro atoms. The quantitative estimate of drug-likeness (QED) is 0.872. The van der Waals surface area contributed by atoms with E-state index in [9.17, 15) is 8.78 Å². The summed E-state index contributed by atoms with van der Waals surface area (Å²) in [6, 6.07) is 2.53. The Kier molecular flexibility index (Phi) is 2.11. The number of nitrogens with zero attached hydrogens (tertiary/aromatic N) is 2.